The lowest BCUT2D eigenvalue weighted by atomic mass is 10.1. The van der Waals surface area contributed by atoms with Gasteiger partial charge in [-0.1, -0.05) is 13.8 Å². The van der Waals surface area contributed by atoms with E-state index in [1.54, 1.807) is 0 Å². The van der Waals surface area contributed by atoms with Crippen molar-refractivity contribution >= 4 is 11.8 Å². The fourth-order valence-corrected chi connectivity index (χ4v) is 1.56. The molecule has 0 fully saturated rings. The standard InChI is InChI=1S/C11H17N3O2/c1-7(2)4-8(3)13-10-6-12-5-9(14-10)11(15)16/h5-8H,4H2,1-3H3,(H,13,14)(H,15,16). The molecule has 1 atom stereocenters. The second kappa shape index (κ2) is 5.44. The van der Waals surface area contributed by atoms with E-state index in [-0.39, 0.29) is 11.7 Å². The van der Waals surface area contributed by atoms with Crippen molar-refractivity contribution in [2.45, 2.75) is 33.2 Å². The number of nitrogens with one attached hydrogen (secondary N) is 1. The molecule has 88 valence electrons. The summed E-state index contributed by atoms with van der Waals surface area (Å²) in [6.45, 7) is 6.31. The van der Waals surface area contributed by atoms with Crippen LogP contribution < -0.4 is 5.32 Å². The fraction of sp³-hybridized carbons (Fsp3) is 0.545. The number of carboxylic acids is 1. The summed E-state index contributed by atoms with van der Waals surface area (Å²) in [5.41, 5.74) is -0.0400. The molecular formula is C11H17N3O2. The van der Waals surface area contributed by atoms with Gasteiger partial charge in [0, 0.05) is 6.04 Å². The van der Waals surface area contributed by atoms with Gasteiger partial charge in [0.1, 0.15) is 5.82 Å². The average Bonchev–Trinajstić information content (AvgIpc) is 2.16. The van der Waals surface area contributed by atoms with Gasteiger partial charge in [0.25, 0.3) is 0 Å². The number of aromatic carboxylic acids is 1. The Morgan fingerprint density at radius 2 is 2.12 bits per heavy atom. The molecule has 1 aromatic rings. The van der Waals surface area contributed by atoms with Crippen molar-refractivity contribution in [3.63, 3.8) is 0 Å². The largest absolute Gasteiger partial charge is 0.476 e. The van der Waals surface area contributed by atoms with E-state index >= 15 is 0 Å². The van der Waals surface area contributed by atoms with Crippen LogP contribution in [0.1, 0.15) is 37.7 Å². The zero-order chi connectivity index (χ0) is 12.1. The summed E-state index contributed by atoms with van der Waals surface area (Å²) in [5, 5.41) is 11.9. The first kappa shape index (κ1) is 12.4. The van der Waals surface area contributed by atoms with Crippen LogP contribution in [0.3, 0.4) is 0 Å². The monoisotopic (exact) mass is 223 g/mol. The highest BCUT2D eigenvalue weighted by molar-refractivity contribution is 5.85. The third kappa shape index (κ3) is 3.84. The number of hydrogen-bond acceptors (Lipinski definition) is 4. The predicted octanol–water partition coefficient (Wildman–Crippen LogP) is 2.02. The van der Waals surface area contributed by atoms with Gasteiger partial charge in [0.15, 0.2) is 5.69 Å². The number of carbonyl (C=O) groups is 1. The molecule has 1 rings (SSSR count). The van der Waals surface area contributed by atoms with Gasteiger partial charge in [-0.05, 0) is 19.3 Å². The first-order valence-corrected chi connectivity index (χ1v) is 5.31. The topological polar surface area (TPSA) is 75.1 Å². The lowest BCUT2D eigenvalue weighted by Gasteiger charge is -2.16. The Hall–Kier alpha value is -1.65. The van der Waals surface area contributed by atoms with Crippen molar-refractivity contribution in [3.8, 4) is 0 Å². The van der Waals surface area contributed by atoms with Crippen LogP contribution in [0.2, 0.25) is 0 Å². The molecule has 0 saturated carbocycles. The highest BCUT2D eigenvalue weighted by Crippen LogP contribution is 2.10. The molecule has 1 heterocycles. The van der Waals surface area contributed by atoms with E-state index in [4.69, 9.17) is 5.11 Å². The summed E-state index contributed by atoms with van der Waals surface area (Å²) in [5.74, 6) is 0.0267. The molecule has 5 heteroatoms. The number of anilines is 1. The Morgan fingerprint density at radius 1 is 1.44 bits per heavy atom. The summed E-state index contributed by atoms with van der Waals surface area (Å²) in [4.78, 5) is 18.5. The Morgan fingerprint density at radius 3 is 2.69 bits per heavy atom. The summed E-state index contributed by atoms with van der Waals surface area (Å²) < 4.78 is 0. The van der Waals surface area contributed by atoms with Gasteiger partial charge in [-0.25, -0.2) is 9.78 Å². The van der Waals surface area contributed by atoms with Gasteiger partial charge in [-0.2, -0.15) is 0 Å². The molecule has 5 nitrogen and oxygen atoms in total. The molecule has 0 bridgehead atoms. The minimum atomic E-state index is -1.06. The molecule has 2 N–H and O–H groups in total. The van der Waals surface area contributed by atoms with E-state index < -0.39 is 5.97 Å². The molecule has 1 unspecified atom stereocenters. The number of carboxylic acid groups (broad SMARTS) is 1. The third-order valence-electron chi connectivity index (χ3n) is 2.07. The van der Waals surface area contributed by atoms with Crippen LogP contribution in [0.5, 0.6) is 0 Å². The third-order valence-corrected chi connectivity index (χ3v) is 2.07. The molecule has 0 spiro atoms. The molecule has 0 aliphatic heterocycles. The number of hydrogen-bond donors (Lipinski definition) is 2. The highest BCUT2D eigenvalue weighted by atomic mass is 16.4. The summed E-state index contributed by atoms with van der Waals surface area (Å²) in [7, 11) is 0. The van der Waals surface area contributed by atoms with Gasteiger partial charge < -0.3 is 10.4 Å². The van der Waals surface area contributed by atoms with Crippen LogP contribution in [0.4, 0.5) is 5.82 Å². The van der Waals surface area contributed by atoms with Crippen molar-refractivity contribution < 1.29 is 9.90 Å². The predicted molar refractivity (Wildman–Crippen MR) is 61.5 cm³/mol. The van der Waals surface area contributed by atoms with E-state index in [2.05, 4.69) is 29.1 Å². The average molecular weight is 223 g/mol. The minimum absolute atomic E-state index is 0.0400. The minimum Gasteiger partial charge on any atom is -0.476 e. The van der Waals surface area contributed by atoms with Gasteiger partial charge in [-0.15, -0.1) is 0 Å². The van der Waals surface area contributed by atoms with Gasteiger partial charge >= 0.3 is 5.97 Å². The van der Waals surface area contributed by atoms with E-state index in [9.17, 15) is 4.79 Å². The first-order chi connectivity index (χ1) is 7.49. The zero-order valence-corrected chi connectivity index (χ0v) is 9.77. The Kier molecular flexibility index (Phi) is 4.22. The van der Waals surface area contributed by atoms with Crippen LogP contribution in [0.15, 0.2) is 12.4 Å². The Bertz CT molecular complexity index is 366. The molecule has 0 aliphatic rings. The van der Waals surface area contributed by atoms with Crippen molar-refractivity contribution in [3.05, 3.63) is 18.1 Å². The summed E-state index contributed by atoms with van der Waals surface area (Å²) >= 11 is 0. The maximum Gasteiger partial charge on any atom is 0.356 e. The number of nitrogens with zero attached hydrogens (tertiary/aromatic N) is 2. The molecule has 0 aromatic carbocycles. The lowest BCUT2D eigenvalue weighted by molar-refractivity contribution is 0.0690. The Labute approximate surface area is 94.9 Å². The molecule has 0 radical (unpaired) electrons. The highest BCUT2D eigenvalue weighted by Gasteiger charge is 2.09. The van der Waals surface area contributed by atoms with Crippen molar-refractivity contribution in [1.29, 1.82) is 0 Å². The summed E-state index contributed by atoms with van der Waals surface area (Å²) in [6, 6.07) is 0.248. The molecular weight excluding hydrogens is 206 g/mol. The first-order valence-electron chi connectivity index (χ1n) is 5.31. The number of rotatable bonds is 5. The van der Waals surface area contributed by atoms with E-state index in [0.29, 0.717) is 11.7 Å². The lowest BCUT2D eigenvalue weighted by Crippen LogP contribution is -2.19. The van der Waals surface area contributed by atoms with Crippen LogP contribution in [0.25, 0.3) is 0 Å². The van der Waals surface area contributed by atoms with Crippen molar-refractivity contribution in [2.75, 3.05) is 5.32 Å². The maximum absolute atomic E-state index is 10.7. The maximum atomic E-state index is 10.7. The van der Waals surface area contributed by atoms with Crippen molar-refractivity contribution in [1.82, 2.24) is 9.97 Å². The van der Waals surface area contributed by atoms with Gasteiger partial charge in [0.05, 0.1) is 12.4 Å². The molecule has 1 aromatic heterocycles. The SMILES string of the molecule is CC(C)CC(C)Nc1cncc(C(=O)O)n1. The Balaban J connectivity index is 2.66. The summed E-state index contributed by atoms with van der Waals surface area (Å²) in [6.07, 6.45) is 3.77. The molecule has 0 aliphatic carbocycles. The van der Waals surface area contributed by atoms with Crippen molar-refractivity contribution in [2.24, 2.45) is 5.92 Å². The second-order valence-electron chi connectivity index (χ2n) is 4.27. The van der Waals surface area contributed by atoms with E-state index in [1.807, 2.05) is 6.92 Å². The zero-order valence-electron chi connectivity index (χ0n) is 9.77. The van der Waals surface area contributed by atoms with Crippen LogP contribution in [-0.2, 0) is 0 Å². The van der Waals surface area contributed by atoms with Crippen LogP contribution in [0, 0.1) is 5.92 Å². The quantitative estimate of drug-likeness (QED) is 0.798. The van der Waals surface area contributed by atoms with E-state index in [1.165, 1.54) is 12.4 Å². The van der Waals surface area contributed by atoms with Crippen LogP contribution >= 0.6 is 0 Å². The number of aromatic nitrogens is 2. The van der Waals surface area contributed by atoms with Crippen LogP contribution in [-0.4, -0.2) is 27.1 Å². The van der Waals surface area contributed by atoms with E-state index in [0.717, 1.165) is 6.42 Å². The smallest absolute Gasteiger partial charge is 0.356 e. The second-order valence-corrected chi connectivity index (χ2v) is 4.27. The molecule has 0 amide bonds. The fourth-order valence-electron chi connectivity index (χ4n) is 1.56. The normalized spacial score (nSPS) is 12.5. The molecule has 0 saturated heterocycles. The van der Waals surface area contributed by atoms with Gasteiger partial charge in [0.2, 0.25) is 0 Å². The van der Waals surface area contributed by atoms with Gasteiger partial charge in [-0.3, -0.25) is 4.98 Å². The molecule has 16 heavy (non-hydrogen) atoms.